The number of hydrogen-bond donors (Lipinski definition) is 3. The van der Waals surface area contributed by atoms with E-state index in [1.165, 1.54) is 4.90 Å². The van der Waals surface area contributed by atoms with Crippen molar-refractivity contribution in [3.8, 4) is 10.4 Å². The highest BCUT2D eigenvalue weighted by Gasteiger charge is 2.42. The van der Waals surface area contributed by atoms with Gasteiger partial charge in [0.05, 0.1) is 22.2 Å². The number of thiazole rings is 1. The number of β-amino-alcohol motifs (C(OH)–C–C–N with tert-alkyl or cyclic N) is 1. The fourth-order valence-corrected chi connectivity index (χ4v) is 5.33. The van der Waals surface area contributed by atoms with Crippen LogP contribution in [-0.2, 0) is 20.9 Å². The van der Waals surface area contributed by atoms with Gasteiger partial charge in [-0.25, -0.2) is 4.98 Å². The van der Waals surface area contributed by atoms with Crippen LogP contribution in [0.15, 0.2) is 29.8 Å². The third-order valence-corrected chi connectivity index (χ3v) is 7.67. The van der Waals surface area contributed by atoms with Crippen LogP contribution in [0.5, 0.6) is 0 Å². The maximum atomic E-state index is 13.4. The van der Waals surface area contributed by atoms with Gasteiger partial charge in [-0.1, -0.05) is 58.4 Å². The van der Waals surface area contributed by atoms with Crippen molar-refractivity contribution in [1.29, 1.82) is 0 Å². The molecule has 3 rings (SSSR count). The lowest BCUT2D eigenvalue weighted by atomic mass is 9.99. The zero-order valence-corrected chi connectivity index (χ0v) is 22.6. The van der Waals surface area contributed by atoms with Crippen LogP contribution in [0.25, 0.3) is 10.4 Å². The molecule has 8 nitrogen and oxygen atoms in total. The smallest absolute Gasteiger partial charge is 0.246 e. The molecule has 4 unspecified atom stereocenters. The van der Waals surface area contributed by atoms with E-state index in [1.807, 2.05) is 64.4 Å². The van der Waals surface area contributed by atoms with Crippen molar-refractivity contribution in [2.75, 3.05) is 6.54 Å². The van der Waals surface area contributed by atoms with Crippen molar-refractivity contribution < 1.29 is 19.5 Å². The molecule has 1 aliphatic heterocycles. The third kappa shape index (κ3) is 6.70. The summed E-state index contributed by atoms with van der Waals surface area (Å²) in [6, 6.07) is 6.41. The predicted molar refractivity (Wildman–Crippen MR) is 141 cm³/mol. The van der Waals surface area contributed by atoms with Gasteiger partial charge in [-0.3, -0.25) is 14.4 Å². The van der Waals surface area contributed by atoms with Gasteiger partial charge in [0.25, 0.3) is 0 Å². The first kappa shape index (κ1) is 27.8. The number of benzene rings is 1. The summed E-state index contributed by atoms with van der Waals surface area (Å²) in [6.07, 6.45) is 1.01. The van der Waals surface area contributed by atoms with E-state index in [1.54, 1.807) is 11.3 Å². The second kappa shape index (κ2) is 12.5. The first-order chi connectivity index (χ1) is 17.1. The number of nitrogens with one attached hydrogen (secondary N) is 2. The Bertz CT molecular complexity index is 1050. The number of aliphatic hydroxyl groups excluding tert-OH is 1. The van der Waals surface area contributed by atoms with E-state index in [9.17, 15) is 19.5 Å². The molecule has 196 valence electrons. The van der Waals surface area contributed by atoms with Gasteiger partial charge in [-0.05, 0) is 30.4 Å². The molecule has 2 heterocycles. The molecule has 0 radical (unpaired) electrons. The predicted octanol–water partition coefficient (Wildman–Crippen LogP) is 3.27. The first-order valence-electron chi connectivity index (χ1n) is 12.7. The summed E-state index contributed by atoms with van der Waals surface area (Å²) in [4.78, 5) is 45.9. The van der Waals surface area contributed by atoms with Gasteiger partial charge >= 0.3 is 0 Å². The van der Waals surface area contributed by atoms with Crippen molar-refractivity contribution in [3.05, 3.63) is 41.0 Å². The molecule has 9 heteroatoms. The zero-order chi connectivity index (χ0) is 26.4. The standard InChI is InChI=1S/C27H38N4O4S/c1-6-7-17(4)25(33)30-23(16(2)3)27(35)31-14-21(32)12-22(31)26(34)28-13-19-8-10-20(11-9-19)24-18(5)29-15-36-24/h8-11,15-17,21-23,32H,6-7,12-14H2,1-5H3,(H,28,34)(H,30,33). The van der Waals surface area contributed by atoms with E-state index in [2.05, 4.69) is 15.6 Å². The first-order valence-corrected chi connectivity index (χ1v) is 13.6. The number of nitrogens with zero attached hydrogens (tertiary/aromatic N) is 2. The third-order valence-electron chi connectivity index (χ3n) is 6.69. The van der Waals surface area contributed by atoms with Crippen LogP contribution in [0.4, 0.5) is 0 Å². The molecule has 1 saturated heterocycles. The zero-order valence-electron chi connectivity index (χ0n) is 21.8. The number of carbonyl (C=O) groups is 3. The summed E-state index contributed by atoms with van der Waals surface area (Å²) in [5.41, 5.74) is 4.82. The Morgan fingerprint density at radius 1 is 1.19 bits per heavy atom. The Kier molecular flexibility index (Phi) is 9.62. The highest BCUT2D eigenvalue weighted by atomic mass is 32.1. The van der Waals surface area contributed by atoms with Gasteiger partial charge in [0, 0.05) is 25.4 Å². The fraction of sp³-hybridized carbons (Fsp3) is 0.556. The number of aryl methyl sites for hydroxylation is 1. The number of aliphatic hydroxyl groups is 1. The molecule has 0 saturated carbocycles. The van der Waals surface area contributed by atoms with Gasteiger partial charge in [-0.15, -0.1) is 11.3 Å². The van der Waals surface area contributed by atoms with Crippen molar-refractivity contribution in [3.63, 3.8) is 0 Å². The highest BCUT2D eigenvalue weighted by molar-refractivity contribution is 7.13. The lowest BCUT2D eigenvalue weighted by Gasteiger charge is -2.31. The average Bonchev–Trinajstić information content (AvgIpc) is 3.46. The van der Waals surface area contributed by atoms with Crippen LogP contribution < -0.4 is 10.6 Å². The molecule has 3 amide bonds. The molecule has 1 fully saturated rings. The lowest BCUT2D eigenvalue weighted by Crippen LogP contribution is -2.55. The van der Waals surface area contributed by atoms with Gasteiger partial charge in [-0.2, -0.15) is 0 Å². The van der Waals surface area contributed by atoms with Gasteiger partial charge < -0.3 is 20.6 Å². The number of aromatic nitrogens is 1. The fourth-order valence-electron chi connectivity index (χ4n) is 4.52. The summed E-state index contributed by atoms with van der Waals surface area (Å²) < 4.78 is 0. The lowest BCUT2D eigenvalue weighted by molar-refractivity contribution is -0.143. The molecular formula is C27H38N4O4S. The van der Waals surface area contributed by atoms with E-state index in [0.717, 1.165) is 34.5 Å². The SMILES string of the molecule is CCCC(C)C(=O)NC(C(=O)N1CC(O)CC1C(=O)NCc1ccc(-c2scnc2C)cc1)C(C)C. The molecular weight excluding hydrogens is 476 g/mol. The second-order valence-corrected chi connectivity index (χ2v) is 10.9. The number of rotatable bonds is 10. The van der Waals surface area contributed by atoms with E-state index in [-0.39, 0.29) is 42.5 Å². The molecule has 1 aromatic carbocycles. The molecule has 1 aliphatic rings. The molecule has 3 N–H and O–H groups in total. The van der Waals surface area contributed by atoms with Crippen molar-refractivity contribution >= 4 is 29.1 Å². The summed E-state index contributed by atoms with van der Waals surface area (Å²) in [6.45, 7) is 9.96. The number of likely N-dealkylation sites (tertiary alicyclic amines) is 1. The summed E-state index contributed by atoms with van der Waals surface area (Å²) in [5, 5.41) is 16.1. The molecule has 2 aromatic rings. The van der Waals surface area contributed by atoms with Crippen molar-refractivity contribution in [2.24, 2.45) is 11.8 Å². The average molecular weight is 515 g/mol. The number of carbonyl (C=O) groups excluding carboxylic acids is 3. The van der Waals surface area contributed by atoms with E-state index in [0.29, 0.717) is 6.54 Å². The van der Waals surface area contributed by atoms with Gasteiger partial charge in [0.15, 0.2) is 0 Å². The Balaban J connectivity index is 1.64. The Labute approximate surface area is 217 Å². The molecule has 1 aromatic heterocycles. The van der Waals surface area contributed by atoms with Crippen LogP contribution >= 0.6 is 11.3 Å². The minimum absolute atomic E-state index is 0.0728. The molecule has 36 heavy (non-hydrogen) atoms. The highest BCUT2D eigenvalue weighted by Crippen LogP contribution is 2.27. The summed E-state index contributed by atoms with van der Waals surface area (Å²) in [7, 11) is 0. The van der Waals surface area contributed by atoms with Crippen LogP contribution in [0.1, 0.15) is 58.2 Å². The monoisotopic (exact) mass is 514 g/mol. The van der Waals surface area contributed by atoms with E-state index >= 15 is 0 Å². The molecule has 0 aliphatic carbocycles. The largest absolute Gasteiger partial charge is 0.391 e. The van der Waals surface area contributed by atoms with Crippen molar-refractivity contribution in [1.82, 2.24) is 20.5 Å². The summed E-state index contributed by atoms with van der Waals surface area (Å²) >= 11 is 1.59. The van der Waals surface area contributed by atoms with Crippen LogP contribution in [0, 0.1) is 18.8 Å². The van der Waals surface area contributed by atoms with Crippen LogP contribution in [0.2, 0.25) is 0 Å². The van der Waals surface area contributed by atoms with Crippen LogP contribution in [0.3, 0.4) is 0 Å². The van der Waals surface area contributed by atoms with Gasteiger partial charge in [0.2, 0.25) is 17.7 Å². The quantitative estimate of drug-likeness (QED) is 0.451. The maximum absolute atomic E-state index is 13.4. The maximum Gasteiger partial charge on any atom is 0.246 e. The number of amides is 3. The van der Waals surface area contributed by atoms with Crippen molar-refractivity contribution in [2.45, 2.75) is 78.6 Å². The minimum Gasteiger partial charge on any atom is -0.391 e. The Morgan fingerprint density at radius 3 is 2.47 bits per heavy atom. The Hall–Kier alpha value is -2.78. The normalized spacial score (nSPS) is 19.2. The van der Waals surface area contributed by atoms with E-state index < -0.39 is 18.2 Å². The molecule has 4 atom stereocenters. The second-order valence-electron chi connectivity index (χ2n) is 10.00. The number of hydrogen-bond acceptors (Lipinski definition) is 6. The topological polar surface area (TPSA) is 112 Å². The summed E-state index contributed by atoms with van der Waals surface area (Å²) in [5.74, 6) is -1.16. The van der Waals surface area contributed by atoms with Gasteiger partial charge in [0.1, 0.15) is 12.1 Å². The molecule has 0 bridgehead atoms. The Morgan fingerprint density at radius 2 is 1.89 bits per heavy atom. The minimum atomic E-state index is -0.783. The van der Waals surface area contributed by atoms with E-state index in [4.69, 9.17) is 0 Å². The van der Waals surface area contributed by atoms with Crippen LogP contribution in [-0.4, -0.2) is 57.4 Å². The molecule has 0 spiro atoms.